The van der Waals surface area contributed by atoms with E-state index >= 15 is 0 Å². The second-order valence-corrected chi connectivity index (χ2v) is 5.24. The lowest BCUT2D eigenvalue weighted by Crippen LogP contribution is -2.14. The Morgan fingerprint density at radius 3 is 2.57 bits per heavy atom. The maximum atomic E-state index is 13.7. The largest absolute Gasteiger partial charge is 0.493 e. The SMILES string of the molecule is COc1ccc(NC(=O)c2cc(Br)ccc2F)cc1OC(F)F. The van der Waals surface area contributed by atoms with Gasteiger partial charge in [0, 0.05) is 16.2 Å². The maximum absolute atomic E-state index is 13.7. The number of carbonyl (C=O) groups is 1. The van der Waals surface area contributed by atoms with Gasteiger partial charge in [-0.05, 0) is 30.3 Å². The predicted octanol–water partition coefficient (Wildman–Crippen LogP) is 4.45. The molecule has 8 heteroatoms. The van der Waals surface area contributed by atoms with E-state index in [0.717, 1.165) is 6.07 Å². The lowest BCUT2D eigenvalue weighted by molar-refractivity contribution is -0.0511. The molecule has 2 aromatic carbocycles. The van der Waals surface area contributed by atoms with Gasteiger partial charge in [0.05, 0.1) is 12.7 Å². The highest BCUT2D eigenvalue weighted by atomic mass is 79.9. The third-order valence-electron chi connectivity index (χ3n) is 2.81. The molecule has 122 valence electrons. The molecule has 1 amide bonds. The van der Waals surface area contributed by atoms with E-state index in [4.69, 9.17) is 4.74 Å². The first-order valence-electron chi connectivity index (χ1n) is 6.30. The van der Waals surface area contributed by atoms with E-state index in [9.17, 15) is 18.0 Å². The normalized spacial score (nSPS) is 10.5. The maximum Gasteiger partial charge on any atom is 0.387 e. The Morgan fingerprint density at radius 2 is 1.91 bits per heavy atom. The fourth-order valence-electron chi connectivity index (χ4n) is 1.81. The van der Waals surface area contributed by atoms with E-state index in [0.29, 0.717) is 4.47 Å². The number of alkyl halides is 2. The molecule has 0 spiro atoms. The molecule has 0 unspecified atom stereocenters. The highest BCUT2D eigenvalue weighted by molar-refractivity contribution is 9.10. The van der Waals surface area contributed by atoms with Crippen LogP contribution in [0.5, 0.6) is 11.5 Å². The summed E-state index contributed by atoms with van der Waals surface area (Å²) >= 11 is 3.14. The van der Waals surface area contributed by atoms with Crippen molar-refractivity contribution >= 4 is 27.5 Å². The number of hydrogen-bond acceptors (Lipinski definition) is 3. The molecule has 0 bridgehead atoms. The Bertz CT molecular complexity index is 725. The second-order valence-electron chi connectivity index (χ2n) is 4.32. The van der Waals surface area contributed by atoms with Crippen LogP contribution in [0.25, 0.3) is 0 Å². The van der Waals surface area contributed by atoms with Gasteiger partial charge >= 0.3 is 6.61 Å². The Kier molecular flexibility index (Phi) is 5.49. The van der Waals surface area contributed by atoms with E-state index in [-0.39, 0.29) is 22.7 Å². The molecule has 0 aliphatic carbocycles. The standard InChI is InChI=1S/C15H11BrF3NO3/c1-22-12-5-3-9(7-13(12)23-15(18)19)20-14(21)10-6-8(16)2-4-11(10)17/h2-7,15H,1H3,(H,20,21). The summed E-state index contributed by atoms with van der Waals surface area (Å²) in [6.07, 6.45) is 0. The summed E-state index contributed by atoms with van der Waals surface area (Å²) in [4.78, 5) is 12.1. The van der Waals surface area contributed by atoms with Crippen molar-refractivity contribution in [2.24, 2.45) is 0 Å². The van der Waals surface area contributed by atoms with Gasteiger partial charge in [0.1, 0.15) is 5.82 Å². The number of amides is 1. The number of ether oxygens (including phenoxy) is 2. The highest BCUT2D eigenvalue weighted by Gasteiger charge is 2.15. The van der Waals surface area contributed by atoms with Gasteiger partial charge in [0.2, 0.25) is 0 Å². The molecule has 0 atom stereocenters. The van der Waals surface area contributed by atoms with Crippen LogP contribution in [0.3, 0.4) is 0 Å². The van der Waals surface area contributed by atoms with Gasteiger partial charge in [0.25, 0.3) is 5.91 Å². The lowest BCUT2D eigenvalue weighted by Gasteiger charge is -2.12. The molecule has 0 saturated carbocycles. The Hall–Kier alpha value is -2.22. The third-order valence-corrected chi connectivity index (χ3v) is 3.30. The number of hydrogen-bond donors (Lipinski definition) is 1. The van der Waals surface area contributed by atoms with E-state index in [1.165, 1.54) is 37.4 Å². The molecular weight excluding hydrogens is 379 g/mol. The van der Waals surface area contributed by atoms with Crippen LogP contribution >= 0.6 is 15.9 Å². The smallest absolute Gasteiger partial charge is 0.387 e. The van der Waals surface area contributed by atoms with Gasteiger partial charge in [-0.2, -0.15) is 8.78 Å². The molecule has 0 saturated heterocycles. The average molecular weight is 390 g/mol. The summed E-state index contributed by atoms with van der Waals surface area (Å²) in [5.74, 6) is -1.59. The number of rotatable bonds is 5. The molecule has 23 heavy (non-hydrogen) atoms. The van der Waals surface area contributed by atoms with Crippen LogP contribution < -0.4 is 14.8 Å². The molecule has 2 aromatic rings. The summed E-state index contributed by atoms with van der Waals surface area (Å²) in [5, 5.41) is 2.41. The summed E-state index contributed by atoms with van der Waals surface area (Å²) in [5.41, 5.74) is -0.0302. The van der Waals surface area contributed by atoms with Gasteiger partial charge in [-0.15, -0.1) is 0 Å². The Balaban J connectivity index is 2.25. The monoisotopic (exact) mass is 389 g/mol. The van der Waals surface area contributed by atoms with Gasteiger partial charge in [-0.1, -0.05) is 15.9 Å². The van der Waals surface area contributed by atoms with Crippen LogP contribution in [0.1, 0.15) is 10.4 Å². The zero-order chi connectivity index (χ0) is 17.0. The quantitative estimate of drug-likeness (QED) is 0.821. The number of methoxy groups -OCH3 is 1. The molecule has 0 radical (unpaired) electrons. The van der Waals surface area contributed by atoms with Gasteiger partial charge in [-0.25, -0.2) is 4.39 Å². The second kappa shape index (κ2) is 7.36. The lowest BCUT2D eigenvalue weighted by atomic mass is 10.2. The van der Waals surface area contributed by atoms with Crippen molar-refractivity contribution in [1.82, 2.24) is 0 Å². The van der Waals surface area contributed by atoms with E-state index in [1.807, 2.05) is 0 Å². The van der Waals surface area contributed by atoms with Crippen molar-refractivity contribution in [1.29, 1.82) is 0 Å². The Labute approximate surface area is 138 Å². The van der Waals surface area contributed by atoms with Crippen molar-refractivity contribution in [3.05, 3.63) is 52.3 Å². The van der Waals surface area contributed by atoms with Gasteiger partial charge < -0.3 is 14.8 Å². The van der Waals surface area contributed by atoms with Crippen LogP contribution in [0, 0.1) is 5.82 Å². The first kappa shape index (κ1) is 17.1. The van der Waals surface area contributed by atoms with E-state index < -0.39 is 18.3 Å². The average Bonchev–Trinajstić information content (AvgIpc) is 2.49. The van der Waals surface area contributed by atoms with Crippen molar-refractivity contribution in [2.75, 3.05) is 12.4 Å². The number of carbonyl (C=O) groups excluding carboxylic acids is 1. The molecular formula is C15H11BrF3NO3. The van der Waals surface area contributed by atoms with Crippen LogP contribution in [-0.2, 0) is 0 Å². The number of halogens is 4. The minimum Gasteiger partial charge on any atom is -0.493 e. The molecule has 0 aromatic heterocycles. The Morgan fingerprint density at radius 1 is 1.17 bits per heavy atom. The van der Waals surface area contributed by atoms with Crippen LogP contribution in [-0.4, -0.2) is 19.6 Å². The summed E-state index contributed by atoms with van der Waals surface area (Å²) in [6, 6.07) is 7.84. The van der Waals surface area contributed by atoms with Crippen molar-refractivity contribution in [3.8, 4) is 11.5 Å². The van der Waals surface area contributed by atoms with Crippen LogP contribution in [0.2, 0.25) is 0 Å². The summed E-state index contributed by atoms with van der Waals surface area (Å²) in [7, 11) is 1.29. The van der Waals surface area contributed by atoms with Gasteiger partial charge in [-0.3, -0.25) is 4.79 Å². The fourth-order valence-corrected chi connectivity index (χ4v) is 2.17. The highest BCUT2D eigenvalue weighted by Crippen LogP contribution is 2.31. The first-order chi connectivity index (χ1) is 10.9. The fraction of sp³-hybridized carbons (Fsp3) is 0.133. The van der Waals surface area contributed by atoms with Crippen LogP contribution in [0.15, 0.2) is 40.9 Å². The van der Waals surface area contributed by atoms with Crippen molar-refractivity contribution in [3.63, 3.8) is 0 Å². The topological polar surface area (TPSA) is 47.6 Å². The third kappa shape index (κ3) is 4.38. The van der Waals surface area contributed by atoms with Crippen molar-refractivity contribution < 1.29 is 27.4 Å². The van der Waals surface area contributed by atoms with E-state index in [2.05, 4.69) is 26.0 Å². The van der Waals surface area contributed by atoms with E-state index in [1.54, 1.807) is 0 Å². The molecule has 1 N–H and O–H groups in total. The molecule has 0 fully saturated rings. The number of nitrogens with one attached hydrogen (secondary N) is 1. The zero-order valence-corrected chi connectivity index (χ0v) is 13.4. The summed E-state index contributed by atoms with van der Waals surface area (Å²) in [6.45, 7) is -3.04. The van der Waals surface area contributed by atoms with Gasteiger partial charge in [0.15, 0.2) is 11.5 Å². The minimum atomic E-state index is -3.04. The molecule has 0 aliphatic heterocycles. The molecule has 0 heterocycles. The number of benzene rings is 2. The molecule has 4 nitrogen and oxygen atoms in total. The molecule has 0 aliphatic rings. The summed E-state index contributed by atoms with van der Waals surface area (Å²) < 4.78 is 48.1. The number of anilines is 1. The molecule has 2 rings (SSSR count). The van der Waals surface area contributed by atoms with Crippen LogP contribution in [0.4, 0.5) is 18.9 Å². The van der Waals surface area contributed by atoms with Crippen molar-refractivity contribution in [2.45, 2.75) is 6.61 Å². The minimum absolute atomic E-state index is 0.0805. The first-order valence-corrected chi connectivity index (χ1v) is 7.09. The predicted molar refractivity (Wildman–Crippen MR) is 81.7 cm³/mol. The zero-order valence-electron chi connectivity index (χ0n) is 11.8.